The lowest BCUT2D eigenvalue weighted by Crippen LogP contribution is -2.39. The third-order valence-corrected chi connectivity index (χ3v) is 2.76. The molecular formula is C13H17FN2O3. The highest BCUT2D eigenvalue weighted by Gasteiger charge is 2.14. The van der Waals surface area contributed by atoms with Crippen molar-refractivity contribution < 1.29 is 19.1 Å². The van der Waals surface area contributed by atoms with Crippen molar-refractivity contribution in [3.05, 3.63) is 29.6 Å². The van der Waals surface area contributed by atoms with Crippen LogP contribution < -0.4 is 10.6 Å². The van der Waals surface area contributed by atoms with E-state index in [1.165, 1.54) is 12.1 Å². The number of carbonyl (C=O) groups excluding carboxylic acids is 1. The van der Waals surface area contributed by atoms with Crippen molar-refractivity contribution in [1.82, 2.24) is 5.32 Å². The Morgan fingerprint density at radius 1 is 1.42 bits per heavy atom. The van der Waals surface area contributed by atoms with E-state index in [2.05, 4.69) is 10.6 Å². The Kier molecular flexibility index (Phi) is 5.29. The predicted octanol–water partition coefficient (Wildman–Crippen LogP) is 2.51. The van der Waals surface area contributed by atoms with Gasteiger partial charge in [0.1, 0.15) is 5.82 Å². The molecule has 0 aromatic heterocycles. The second-order valence-electron chi connectivity index (χ2n) is 4.21. The maximum Gasteiger partial charge on any atom is 0.319 e. The van der Waals surface area contributed by atoms with Crippen molar-refractivity contribution in [2.75, 3.05) is 5.32 Å². The Morgan fingerprint density at radius 3 is 2.68 bits per heavy atom. The first-order valence-electron chi connectivity index (χ1n) is 5.98. The molecule has 1 unspecified atom stereocenters. The highest BCUT2D eigenvalue weighted by Crippen LogP contribution is 2.17. The quantitative estimate of drug-likeness (QED) is 0.767. The van der Waals surface area contributed by atoms with E-state index in [4.69, 9.17) is 5.11 Å². The van der Waals surface area contributed by atoms with Crippen LogP contribution in [0, 0.1) is 12.7 Å². The lowest BCUT2D eigenvalue weighted by Gasteiger charge is -2.16. The minimum Gasteiger partial charge on any atom is -0.481 e. The summed E-state index contributed by atoms with van der Waals surface area (Å²) in [6, 6.07) is 3.38. The van der Waals surface area contributed by atoms with Gasteiger partial charge in [-0.05, 0) is 25.5 Å². The minimum absolute atomic E-state index is 0.147. The monoisotopic (exact) mass is 268 g/mol. The zero-order valence-corrected chi connectivity index (χ0v) is 10.9. The Labute approximate surface area is 110 Å². The summed E-state index contributed by atoms with van der Waals surface area (Å²) in [6.45, 7) is 3.33. The van der Waals surface area contributed by atoms with Crippen molar-refractivity contribution in [2.45, 2.75) is 32.7 Å². The number of aliphatic carboxylic acids is 1. The molecule has 5 nitrogen and oxygen atoms in total. The van der Waals surface area contributed by atoms with Crippen LogP contribution in [0.25, 0.3) is 0 Å². The van der Waals surface area contributed by atoms with Crippen LogP contribution in [-0.2, 0) is 4.79 Å². The smallest absolute Gasteiger partial charge is 0.319 e. The molecule has 0 radical (unpaired) electrons. The van der Waals surface area contributed by atoms with Gasteiger partial charge in [-0.25, -0.2) is 9.18 Å². The predicted molar refractivity (Wildman–Crippen MR) is 69.6 cm³/mol. The van der Waals surface area contributed by atoms with E-state index in [-0.39, 0.29) is 6.42 Å². The van der Waals surface area contributed by atoms with Gasteiger partial charge in [0.2, 0.25) is 0 Å². The number of anilines is 1. The highest BCUT2D eigenvalue weighted by atomic mass is 19.1. The third kappa shape index (κ3) is 4.57. The number of nitrogens with one attached hydrogen (secondary N) is 2. The number of carbonyl (C=O) groups is 2. The van der Waals surface area contributed by atoms with Gasteiger partial charge in [-0.3, -0.25) is 4.79 Å². The molecule has 104 valence electrons. The number of halogens is 1. The van der Waals surface area contributed by atoms with E-state index < -0.39 is 23.9 Å². The average molecular weight is 268 g/mol. The molecule has 2 amide bonds. The summed E-state index contributed by atoms with van der Waals surface area (Å²) in [6.07, 6.45) is 0.355. The lowest BCUT2D eigenvalue weighted by atomic mass is 10.1. The molecule has 0 aliphatic rings. The van der Waals surface area contributed by atoms with E-state index in [0.717, 1.165) is 0 Å². The molecule has 0 bridgehead atoms. The summed E-state index contributed by atoms with van der Waals surface area (Å²) in [4.78, 5) is 22.3. The number of hydrogen-bond donors (Lipinski definition) is 3. The molecule has 0 aliphatic heterocycles. The first kappa shape index (κ1) is 14.9. The molecule has 19 heavy (non-hydrogen) atoms. The molecule has 1 rings (SSSR count). The van der Waals surface area contributed by atoms with Crippen LogP contribution in [-0.4, -0.2) is 23.1 Å². The van der Waals surface area contributed by atoms with Gasteiger partial charge in [0.15, 0.2) is 0 Å². The van der Waals surface area contributed by atoms with Crippen LogP contribution in [0.1, 0.15) is 25.3 Å². The van der Waals surface area contributed by atoms with E-state index in [1.54, 1.807) is 19.9 Å². The van der Waals surface area contributed by atoms with E-state index >= 15 is 0 Å². The molecule has 0 aliphatic carbocycles. The Morgan fingerprint density at radius 2 is 2.11 bits per heavy atom. The fraction of sp³-hybridized carbons (Fsp3) is 0.385. The number of hydrogen-bond acceptors (Lipinski definition) is 2. The number of benzene rings is 1. The van der Waals surface area contributed by atoms with Gasteiger partial charge >= 0.3 is 12.0 Å². The molecule has 1 aromatic rings. The standard InChI is InChI=1S/C13H17FN2O3/c1-3-9(7-12(17)18)15-13(19)16-11-6-4-5-10(14)8(11)2/h4-6,9H,3,7H2,1-2H3,(H,17,18)(H2,15,16,19). The normalized spacial score (nSPS) is 11.7. The third-order valence-electron chi connectivity index (χ3n) is 2.76. The second-order valence-corrected chi connectivity index (χ2v) is 4.21. The van der Waals surface area contributed by atoms with Gasteiger partial charge in [0.05, 0.1) is 6.42 Å². The van der Waals surface area contributed by atoms with E-state index in [9.17, 15) is 14.0 Å². The van der Waals surface area contributed by atoms with Gasteiger partial charge in [-0.1, -0.05) is 13.0 Å². The molecule has 0 saturated carbocycles. The summed E-state index contributed by atoms with van der Waals surface area (Å²) >= 11 is 0. The molecule has 0 fully saturated rings. The van der Waals surface area contributed by atoms with Crippen molar-refractivity contribution in [3.63, 3.8) is 0 Å². The SMILES string of the molecule is CCC(CC(=O)O)NC(=O)Nc1cccc(F)c1C. The fourth-order valence-corrected chi connectivity index (χ4v) is 1.59. The van der Waals surface area contributed by atoms with Crippen LogP contribution in [0.3, 0.4) is 0 Å². The maximum atomic E-state index is 13.3. The Hall–Kier alpha value is -2.11. The number of urea groups is 1. The van der Waals surface area contributed by atoms with Crippen LogP contribution in [0.2, 0.25) is 0 Å². The minimum atomic E-state index is -0.978. The molecule has 1 atom stereocenters. The van der Waals surface area contributed by atoms with Crippen LogP contribution in [0.5, 0.6) is 0 Å². The molecule has 1 aromatic carbocycles. The molecule has 6 heteroatoms. The fourth-order valence-electron chi connectivity index (χ4n) is 1.59. The van der Waals surface area contributed by atoms with Gasteiger partial charge < -0.3 is 15.7 Å². The van der Waals surface area contributed by atoms with Gasteiger partial charge in [0, 0.05) is 17.3 Å². The van der Waals surface area contributed by atoms with Crippen LogP contribution in [0.15, 0.2) is 18.2 Å². The first-order chi connectivity index (χ1) is 8.93. The zero-order chi connectivity index (χ0) is 14.4. The second kappa shape index (κ2) is 6.72. The number of amides is 2. The van der Waals surface area contributed by atoms with Crippen molar-refractivity contribution in [3.8, 4) is 0 Å². The summed E-state index contributed by atoms with van der Waals surface area (Å²) in [5, 5.41) is 13.7. The summed E-state index contributed by atoms with van der Waals surface area (Å²) in [5.74, 6) is -1.38. The van der Waals surface area contributed by atoms with Crippen molar-refractivity contribution >= 4 is 17.7 Å². The van der Waals surface area contributed by atoms with Gasteiger partial charge in [-0.15, -0.1) is 0 Å². The lowest BCUT2D eigenvalue weighted by molar-refractivity contribution is -0.137. The molecule has 0 heterocycles. The summed E-state index contributed by atoms with van der Waals surface area (Å²) in [7, 11) is 0. The summed E-state index contributed by atoms with van der Waals surface area (Å²) in [5.41, 5.74) is 0.701. The molecule has 3 N–H and O–H groups in total. The number of carboxylic acid groups (broad SMARTS) is 1. The van der Waals surface area contributed by atoms with Crippen molar-refractivity contribution in [1.29, 1.82) is 0 Å². The highest BCUT2D eigenvalue weighted by molar-refractivity contribution is 5.90. The topological polar surface area (TPSA) is 78.4 Å². The Bertz CT molecular complexity index is 477. The largest absolute Gasteiger partial charge is 0.481 e. The first-order valence-corrected chi connectivity index (χ1v) is 5.98. The number of rotatable bonds is 5. The van der Waals surface area contributed by atoms with Gasteiger partial charge in [-0.2, -0.15) is 0 Å². The molecule has 0 saturated heterocycles. The summed E-state index contributed by atoms with van der Waals surface area (Å²) < 4.78 is 13.3. The van der Waals surface area contributed by atoms with Crippen LogP contribution in [0.4, 0.5) is 14.9 Å². The van der Waals surface area contributed by atoms with E-state index in [1.807, 2.05) is 0 Å². The zero-order valence-electron chi connectivity index (χ0n) is 10.9. The van der Waals surface area contributed by atoms with Crippen LogP contribution >= 0.6 is 0 Å². The van der Waals surface area contributed by atoms with Crippen molar-refractivity contribution in [2.24, 2.45) is 0 Å². The molecule has 0 spiro atoms. The number of carboxylic acids is 1. The van der Waals surface area contributed by atoms with E-state index in [0.29, 0.717) is 17.7 Å². The Balaban J connectivity index is 2.64. The maximum absolute atomic E-state index is 13.3. The average Bonchev–Trinajstić information content (AvgIpc) is 2.33. The van der Waals surface area contributed by atoms with Gasteiger partial charge in [0.25, 0.3) is 0 Å². The molecular weight excluding hydrogens is 251 g/mol.